The maximum Gasteiger partial charge on any atom is 0.253 e. The van der Waals surface area contributed by atoms with E-state index in [2.05, 4.69) is 11.4 Å². The average molecular weight is 377 g/mol. The van der Waals surface area contributed by atoms with Crippen LogP contribution in [0.25, 0.3) is 0 Å². The van der Waals surface area contributed by atoms with Gasteiger partial charge in [-0.2, -0.15) is 0 Å². The first-order chi connectivity index (χ1) is 12.1. The Morgan fingerprint density at radius 3 is 2.76 bits per heavy atom. The van der Waals surface area contributed by atoms with Gasteiger partial charge in [0.1, 0.15) is 0 Å². The van der Waals surface area contributed by atoms with Crippen LogP contribution < -0.4 is 5.32 Å². The zero-order valence-corrected chi connectivity index (χ0v) is 15.5. The third kappa shape index (κ3) is 4.83. The van der Waals surface area contributed by atoms with E-state index in [9.17, 15) is 9.59 Å². The normalized spacial score (nSPS) is 17.3. The molecule has 0 spiro atoms. The van der Waals surface area contributed by atoms with Crippen molar-refractivity contribution >= 4 is 34.8 Å². The molecule has 1 saturated heterocycles. The van der Waals surface area contributed by atoms with Crippen LogP contribution in [0.2, 0.25) is 5.02 Å². The first-order valence-corrected chi connectivity index (χ1v) is 9.74. The third-order valence-electron chi connectivity index (χ3n) is 4.42. The summed E-state index contributed by atoms with van der Waals surface area (Å²) in [5.74, 6) is -0.119. The highest BCUT2D eigenvalue weighted by atomic mass is 35.5. The van der Waals surface area contributed by atoms with Crippen LogP contribution in [-0.2, 0) is 11.2 Å². The molecule has 0 aliphatic carbocycles. The highest BCUT2D eigenvalue weighted by Gasteiger charge is 2.28. The molecule has 2 aromatic rings. The second-order valence-corrected chi connectivity index (χ2v) is 7.69. The summed E-state index contributed by atoms with van der Waals surface area (Å²) in [4.78, 5) is 28.1. The molecule has 25 heavy (non-hydrogen) atoms. The smallest absolute Gasteiger partial charge is 0.253 e. The number of thiophene rings is 1. The molecule has 132 valence electrons. The van der Waals surface area contributed by atoms with E-state index < -0.39 is 0 Å². The fraction of sp³-hybridized carbons (Fsp3) is 0.368. The molecule has 0 bridgehead atoms. The second-order valence-electron chi connectivity index (χ2n) is 6.22. The predicted molar refractivity (Wildman–Crippen MR) is 101 cm³/mol. The molecule has 1 aliphatic heterocycles. The van der Waals surface area contributed by atoms with E-state index in [4.69, 9.17) is 11.6 Å². The summed E-state index contributed by atoms with van der Waals surface area (Å²) >= 11 is 7.57. The third-order valence-corrected chi connectivity index (χ3v) is 5.61. The summed E-state index contributed by atoms with van der Waals surface area (Å²) in [6.45, 7) is 1.81. The lowest BCUT2D eigenvalue weighted by Gasteiger charge is -2.32. The minimum absolute atomic E-state index is 0.0345. The van der Waals surface area contributed by atoms with Crippen molar-refractivity contribution in [2.75, 3.05) is 19.6 Å². The van der Waals surface area contributed by atoms with Gasteiger partial charge in [-0.15, -0.1) is 11.3 Å². The molecule has 0 saturated carbocycles. The van der Waals surface area contributed by atoms with Gasteiger partial charge in [0.05, 0.1) is 5.92 Å². The Hall–Kier alpha value is -1.85. The predicted octanol–water partition coefficient (Wildman–Crippen LogP) is 3.61. The maximum absolute atomic E-state index is 12.6. The van der Waals surface area contributed by atoms with Gasteiger partial charge in [-0.3, -0.25) is 9.59 Å². The number of halogens is 1. The largest absolute Gasteiger partial charge is 0.355 e. The Morgan fingerprint density at radius 1 is 1.24 bits per heavy atom. The molecule has 6 heteroatoms. The lowest BCUT2D eigenvalue weighted by molar-refractivity contribution is -0.126. The summed E-state index contributed by atoms with van der Waals surface area (Å²) in [7, 11) is 0. The maximum atomic E-state index is 12.6. The number of likely N-dealkylation sites (tertiary alicyclic amines) is 1. The Bertz CT molecular complexity index is 716. The molecular formula is C19H21ClN2O2S. The summed E-state index contributed by atoms with van der Waals surface area (Å²) in [5.41, 5.74) is 0.614. The van der Waals surface area contributed by atoms with Gasteiger partial charge in [0.25, 0.3) is 5.91 Å². The number of carbonyl (C=O) groups is 2. The van der Waals surface area contributed by atoms with Crippen LogP contribution in [0.1, 0.15) is 28.1 Å². The van der Waals surface area contributed by atoms with E-state index in [1.165, 1.54) is 4.88 Å². The average Bonchev–Trinajstić information content (AvgIpc) is 3.15. The molecule has 2 amide bonds. The Labute approximate surface area is 156 Å². The second kappa shape index (κ2) is 8.50. The van der Waals surface area contributed by atoms with Crippen LogP contribution in [0.3, 0.4) is 0 Å². The van der Waals surface area contributed by atoms with E-state index >= 15 is 0 Å². The first kappa shape index (κ1) is 18.0. The van der Waals surface area contributed by atoms with Crippen molar-refractivity contribution in [3.05, 3.63) is 57.2 Å². The number of benzene rings is 1. The van der Waals surface area contributed by atoms with Crippen LogP contribution >= 0.6 is 22.9 Å². The van der Waals surface area contributed by atoms with E-state index in [-0.39, 0.29) is 17.7 Å². The summed E-state index contributed by atoms with van der Waals surface area (Å²) in [6.07, 6.45) is 2.53. The van der Waals surface area contributed by atoms with E-state index in [0.717, 1.165) is 19.3 Å². The number of rotatable bonds is 5. The molecule has 1 aromatic heterocycles. The first-order valence-electron chi connectivity index (χ1n) is 8.48. The van der Waals surface area contributed by atoms with Gasteiger partial charge in [-0.25, -0.2) is 0 Å². The number of hydrogen-bond donors (Lipinski definition) is 1. The quantitative estimate of drug-likeness (QED) is 0.866. The van der Waals surface area contributed by atoms with Crippen LogP contribution in [-0.4, -0.2) is 36.3 Å². The lowest BCUT2D eigenvalue weighted by atomic mass is 9.96. The van der Waals surface area contributed by atoms with Gasteiger partial charge >= 0.3 is 0 Å². The van der Waals surface area contributed by atoms with Crippen molar-refractivity contribution < 1.29 is 9.59 Å². The van der Waals surface area contributed by atoms with E-state index in [0.29, 0.717) is 30.2 Å². The number of carbonyl (C=O) groups excluding carboxylic acids is 2. The Kier molecular flexibility index (Phi) is 6.10. The monoisotopic (exact) mass is 376 g/mol. The molecule has 3 rings (SSSR count). The fourth-order valence-corrected chi connectivity index (χ4v) is 3.89. The SMILES string of the molecule is O=C(NCCc1cccs1)C1CCCN(C(=O)c2ccc(Cl)cc2)C1. The van der Waals surface area contributed by atoms with Crippen molar-refractivity contribution in [1.82, 2.24) is 10.2 Å². The van der Waals surface area contributed by atoms with Crippen molar-refractivity contribution in [1.29, 1.82) is 0 Å². The molecule has 1 aromatic carbocycles. The van der Waals surface area contributed by atoms with Crippen molar-refractivity contribution in [3.8, 4) is 0 Å². The van der Waals surface area contributed by atoms with Crippen molar-refractivity contribution in [2.24, 2.45) is 5.92 Å². The van der Waals surface area contributed by atoms with Crippen molar-refractivity contribution in [3.63, 3.8) is 0 Å². The highest BCUT2D eigenvalue weighted by molar-refractivity contribution is 7.09. The van der Waals surface area contributed by atoms with Crippen LogP contribution in [0, 0.1) is 5.92 Å². The van der Waals surface area contributed by atoms with Crippen LogP contribution in [0.15, 0.2) is 41.8 Å². The lowest BCUT2D eigenvalue weighted by Crippen LogP contribution is -2.45. The molecule has 4 nitrogen and oxygen atoms in total. The van der Waals surface area contributed by atoms with E-state index in [1.807, 2.05) is 11.4 Å². The molecule has 1 fully saturated rings. The number of nitrogens with one attached hydrogen (secondary N) is 1. The Balaban J connectivity index is 1.52. The van der Waals surface area contributed by atoms with Crippen molar-refractivity contribution in [2.45, 2.75) is 19.3 Å². The minimum Gasteiger partial charge on any atom is -0.355 e. The fourth-order valence-electron chi connectivity index (χ4n) is 3.06. The highest BCUT2D eigenvalue weighted by Crippen LogP contribution is 2.20. The molecule has 1 unspecified atom stereocenters. The zero-order valence-electron chi connectivity index (χ0n) is 13.9. The van der Waals surface area contributed by atoms with Gasteiger partial charge in [0.2, 0.25) is 5.91 Å². The molecule has 1 N–H and O–H groups in total. The summed E-state index contributed by atoms with van der Waals surface area (Å²) < 4.78 is 0. The van der Waals surface area contributed by atoms with Gasteiger partial charge < -0.3 is 10.2 Å². The molecule has 2 heterocycles. The number of hydrogen-bond acceptors (Lipinski definition) is 3. The molecule has 0 radical (unpaired) electrons. The van der Waals surface area contributed by atoms with E-state index in [1.54, 1.807) is 40.5 Å². The number of nitrogens with zero attached hydrogens (tertiary/aromatic N) is 1. The van der Waals surface area contributed by atoms with Crippen LogP contribution in [0.5, 0.6) is 0 Å². The topological polar surface area (TPSA) is 49.4 Å². The standard InChI is InChI=1S/C19H21ClN2O2S/c20-16-7-5-14(6-8-16)19(24)22-11-1-3-15(13-22)18(23)21-10-9-17-4-2-12-25-17/h2,4-8,12,15H,1,3,9-11,13H2,(H,21,23). The van der Waals surface area contributed by atoms with Gasteiger partial charge in [0.15, 0.2) is 0 Å². The minimum atomic E-state index is -0.131. The molecule has 1 atom stereocenters. The van der Waals surface area contributed by atoms with Crippen LogP contribution in [0.4, 0.5) is 0 Å². The summed E-state index contributed by atoms with van der Waals surface area (Å²) in [6, 6.07) is 11.0. The molecule has 1 aliphatic rings. The van der Waals surface area contributed by atoms with Gasteiger partial charge in [0, 0.05) is 35.1 Å². The van der Waals surface area contributed by atoms with Gasteiger partial charge in [-0.05, 0) is 55.0 Å². The summed E-state index contributed by atoms with van der Waals surface area (Å²) in [5, 5.41) is 5.66. The zero-order chi connectivity index (χ0) is 17.6. The molecular weight excluding hydrogens is 356 g/mol. The number of piperidine rings is 1. The Morgan fingerprint density at radius 2 is 2.04 bits per heavy atom. The van der Waals surface area contributed by atoms with Gasteiger partial charge in [-0.1, -0.05) is 17.7 Å². The number of amides is 2.